The summed E-state index contributed by atoms with van der Waals surface area (Å²) in [6.07, 6.45) is 1.46. The summed E-state index contributed by atoms with van der Waals surface area (Å²) in [7, 11) is 0. The topological polar surface area (TPSA) is 124 Å². The Morgan fingerprint density at radius 1 is 1.31 bits per heavy atom. The zero-order valence-electron chi connectivity index (χ0n) is 16.6. The van der Waals surface area contributed by atoms with Crippen LogP contribution in [0.3, 0.4) is 0 Å². The van der Waals surface area contributed by atoms with Gasteiger partial charge in [-0.3, -0.25) is 14.2 Å². The number of carboxylic acid groups (broad SMARTS) is 1. The molecule has 0 aliphatic rings. The van der Waals surface area contributed by atoms with Gasteiger partial charge in [-0.1, -0.05) is 26.8 Å². The van der Waals surface area contributed by atoms with Gasteiger partial charge < -0.3 is 15.7 Å². The molecule has 29 heavy (non-hydrogen) atoms. The second-order valence-electron chi connectivity index (χ2n) is 7.19. The maximum Gasteiger partial charge on any atom is 0.349 e. The number of carboxylic acids is 1. The molecule has 2 rings (SSSR count). The quantitative estimate of drug-likeness (QED) is 0.681. The molecule has 0 atom stereocenters. The van der Waals surface area contributed by atoms with Crippen LogP contribution in [0.25, 0.3) is 11.8 Å². The number of thiazole rings is 1. The van der Waals surface area contributed by atoms with Gasteiger partial charge in [-0.05, 0) is 25.1 Å². The van der Waals surface area contributed by atoms with Gasteiger partial charge in [0.2, 0.25) is 5.91 Å². The van der Waals surface area contributed by atoms with Crippen LogP contribution in [-0.2, 0) is 16.1 Å². The lowest BCUT2D eigenvalue weighted by Crippen LogP contribution is -2.32. The minimum atomic E-state index is -1.38. The Morgan fingerprint density at radius 2 is 1.97 bits per heavy atom. The number of aromatic nitrogens is 1. The highest BCUT2D eigenvalue weighted by Gasteiger charge is 2.21. The number of hydrogen-bond donors (Lipinski definition) is 3. The number of anilines is 2. The zero-order valence-corrected chi connectivity index (χ0v) is 17.4. The van der Waals surface area contributed by atoms with E-state index in [1.165, 1.54) is 10.8 Å². The number of carbonyl (C=O) groups is 2. The van der Waals surface area contributed by atoms with Crippen LogP contribution in [0.5, 0.6) is 0 Å². The molecule has 0 spiro atoms. The molecule has 9 heteroatoms. The third-order valence-electron chi connectivity index (χ3n) is 3.94. The molecule has 2 aromatic rings. The minimum Gasteiger partial charge on any atom is -0.477 e. The first kappa shape index (κ1) is 21.9. The second-order valence-corrected chi connectivity index (χ2v) is 8.22. The Morgan fingerprint density at radius 3 is 2.52 bits per heavy atom. The Labute approximate surface area is 171 Å². The van der Waals surface area contributed by atoms with Gasteiger partial charge in [0.25, 0.3) is 5.56 Å². The molecule has 1 aromatic carbocycles. The third kappa shape index (κ3) is 5.12. The van der Waals surface area contributed by atoms with Crippen molar-refractivity contribution in [3.8, 4) is 6.07 Å². The Bertz CT molecular complexity index is 1160. The minimum absolute atomic E-state index is 0.103. The van der Waals surface area contributed by atoms with E-state index in [0.29, 0.717) is 11.4 Å². The van der Waals surface area contributed by atoms with Crippen LogP contribution in [0, 0.1) is 16.7 Å². The van der Waals surface area contributed by atoms with Gasteiger partial charge in [-0.25, -0.2) is 4.79 Å². The maximum absolute atomic E-state index is 12.5. The zero-order chi connectivity index (χ0) is 21.8. The molecule has 152 valence electrons. The maximum atomic E-state index is 12.5. The molecule has 0 radical (unpaired) electrons. The fourth-order valence-corrected chi connectivity index (χ4v) is 3.41. The van der Waals surface area contributed by atoms with E-state index in [-0.39, 0.29) is 27.2 Å². The largest absolute Gasteiger partial charge is 0.477 e. The van der Waals surface area contributed by atoms with E-state index < -0.39 is 17.0 Å². The van der Waals surface area contributed by atoms with E-state index in [9.17, 15) is 19.5 Å². The number of aliphatic carboxylic acids is 1. The fourth-order valence-electron chi connectivity index (χ4n) is 2.33. The highest BCUT2D eigenvalue weighted by Crippen LogP contribution is 2.19. The SMILES string of the molecule is CCn1c(=C(C#N)C(=O)O)sc(=CNc2cccc(NC(=O)C(C)(C)C)c2)c1=O. The second kappa shape index (κ2) is 8.75. The molecular weight excluding hydrogens is 392 g/mol. The Hall–Kier alpha value is -3.38. The van der Waals surface area contributed by atoms with Gasteiger partial charge in [-0.15, -0.1) is 11.3 Å². The molecular formula is C20H22N4O4S. The first-order valence-corrected chi connectivity index (χ1v) is 9.65. The molecule has 0 bridgehead atoms. The summed E-state index contributed by atoms with van der Waals surface area (Å²) < 4.78 is 1.62. The monoisotopic (exact) mass is 414 g/mol. The van der Waals surface area contributed by atoms with Gasteiger partial charge in [0.1, 0.15) is 15.3 Å². The van der Waals surface area contributed by atoms with Crippen molar-refractivity contribution >= 4 is 46.4 Å². The molecule has 1 aromatic heterocycles. The summed E-state index contributed by atoms with van der Waals surface area (Å²) in [5.74, 6) is -1.50. The number of nitriles is 1. The lowest BCUT2D eigenvalue weighted by molar-refractivity contribution is -0.130. The number of nitrogens with zero attached hydrogens (tertiary/aromatic N) is 2. The van der Waals surface area contributed by atoms with Crippen molar-refractivity contribution in [3.05, 3.63) is 43.8 Å². The molecule has 0 saturated heterocycles. The normalized spacial score (nSPS) is 12.9. The number of nitrogens with one attached hydrogen (secondary N) is 2. The highest BCUT2D eigenvalue weighted by atomic mass is 32.1. The van der Waals surface area contributed by atoms with Crippen LogP contribution < -0.4 is 25.4 Å². The van der Waals surface area contributed by atoms with Crippen molar-refractivity contribution in [2.45, 2.75) is 34.2 Å². The van der Waals surface area contributed by atoms with Crippen molar-refractivity contribution < 1.29 is 14.7 Å². The van der Waals surface area contributed by atoms with Crippen LogP contribution in [0.1, 0.15) is 27.7 Å². The summed E-state index contributed by atoms with van der Waals surface area (Å²) in [6.45, 7) is 7.39. The van der Waals surface area contributed by atoms with Crippen LogP contribution >= 0.6 is 11.3 Å². The standard InChI is InChI=1S/C20H22N4O4S/c1-5-24-16(25)15(29-17(24)14(10-21)18(26)27)11-22-12-7-6-8-13(9-12)23-19(28)20(2,3)4/h6-9,11,22H,5H2,1-4H3,(H,23,28)(H,26,27). The van der Waals surface area contributed by atoms with Crippen LogP contribution in [-0.4, -0.2) is 21.6 Å². The van der Waals surface area contributed by atoms with Gasteiger partial charge in [0.05, 0.1) is 0 Å². The molecule has 0 saturated carbocycles. The fraction of sp³-hybridized carbons (Fsp3) is 0.300. The van der Waals surface area contributed by atoms with Gasteiger partial charge in [0.15, 0.2) is 5.57 Å². The summed E-state index contributed by atoms with van der Waals surface area (Å²) in [5.41, 5.74) is -0.150. The average Bonchev–Trinajstić information content (AvgIpc) is 2.95. The lowest BCUT2D eigenvalue weighted by Gasteiger charge is -2.18. The Balaban J connectivity index is 2.41. The van der Waals surface area contributed by atoms with E-state index in [1.807, 2.05) is 20.8 Å². The van der Waals surface area contributed by atoms with Crippen molar-refractivity contribution in [3.63, 3.8) is 0 Å². The molecule has 1 heterocycles. The van der Waals surface area contributed by atoms with E-state index in [0.717, 1.165) is 11.3 Å². The van der Waals surface area contributed by atoms with E-state index in [4.69, 9.17) is 5.26 Å². The summed E-state index contributed by atoms with van der Waals surface area (Å²) >= 11 is 0.931. The predicted molar refractivity (Wildman–Crippen MR) is 113 cm³/mol. The van der Waals surface area contributed by atoms with Crippen molar-refractivity contribution in [2.75, 3.05) is 10.6 Å². The number of hydrogen-bond acceptors (Lipinski definition) is 6. The van der Waals surface area contributed by atoms with Crippen molar-refractivity contribution in [1.29, 1.82) is 5.26 Å². The smallest absolute Gasteiger partial charge is 0.349 e. The third-order valence-corrected chi connectivity index (χ3v) is 5.07. The van der Waals surface area contributed by atoms with Crippen molar-refractivity contribution in [1.82, 2.24) is 4.57 Å². The molecule has 0 unspecified atom stereocenters. The molecule has 3 N–H and O–H groups in total. The molecule has 0 aliphatic carbocycles. The highest BCUT2D eigenvalue weighted by molar-refractivity contribution is 7.07. The van der Waals surface area contributed by atoms with Gasteiger partial charge in [0, 0.05) is 29.5 Å². The van der Waals surface area contributed by atoms with E-state index >= 15 is 0 Å². The van der Waals surface area contributed by atoms with Crippen LogP contribution in [0.2, 0.25) is 0 Å². The first-order valence-electron chi connectivity index (χ1n) is 8.84. The van der Waals surface area contributed by atoms with Crippen molar-refractivity contribution in [2.24, 2.45) is 5.41 Å². The lowest BCUT2D eigenvalue weighted by atomic mass is 9.95. The molecule has 0 fully saturated rings. The summed E-state index contributed by atoms with van der Waals surface area (Å²) in [5, 5.41) is 24.1. The number of rotatable bonds is 5. The van der Waals surface area contributed by atoms with Gasteiger partial charge in [-0.2, -0.15) is 5.26 Å². The summed E-state index contributed by atoms with van der Waals surface area (Å²) in [6, 6.07) is 8.63. The number of benzene rings is 1. The molecule has 8 nitrogen and oxygen atoms in total. The molecule has 1 amide bonds. The number of carbonyl (C=O) groups excluding carboxylic acids is 1. The van der Waals surface area contributed by atoms with Gasteiger partial charge >= 0.3 is 5.97 Å². The predicted octanol–water partition coefficient (Wildman–Crippen LogP) is 1.52. The van der Waals surface area contributed by atoms with E-state index in [1.54, 1.807) is 37.3 Å². The Kier molecular flexibility index (Phi) is 6.61. The first-order chi connectivity index (χ1) is 13.6. The average molecular weight is 414 g/mol. The van der Waals surface area contributed by atoms with Crippen LogP contribution in [0.15, 0.2) is 29.1 Å². The van der Waals surface area contributed by atoms with Crippen LogP contribution in [0.4, 0.5) is 11.4 Å². The molecule has 0 aliphatic heterocycles. The van der Waals surface area contributed by atoms with E-state index in [2.05, 4.69) is 10.6 Å². The summed E-state index contributed by atoms with van der Waals surface area (Å²) in [4.78, 5) is 35.9. The number of amides is 1.